The molecule has 2 aromatic carbocycles. The second kappa shape index (κ2) is 5.94. The molecule has 1 heterocycles. The van der Waals surface area contributed by atoms with Crippen molar-refractivity contribution in [1.29, 1.82) is 5.26 Å². The Morgan fingerprint density at radius 1 is 1.19 bits per heavy atom. The largest absolute Gasteiger partial charge is 0.489 e. The number of nitrogens with zero attached hydrogens (tertiary/aromatic N) is 2. The maximum absolute atomic E-state index is 8.88. The highest BCUT2D eigenvalue weighted by molar-refractivity contribution is 7.19. The summed E-state index contributed by atoms with van der Waals surface area (Å²) in [6.45, 7) is 2.69. The first-order chi connectivity index (χ1) is 10.3. The van der Waals surface area contributed by atoms with Crippen LogP contribution in [0.15, 0.2) is 42.5 Å². The normalized spacial score (nSPS) is 10.5. The van der Waals surface area contributed by atoms with Crippen molar-refractivity contribution in [2.75, 3.05) is 0 Å². The third-order valence-electron chi connectivity index (χ3n) is 3.26. The van der Waals surface area contributed by atoms with Crippen LogP contribution in [0.3, 0.4) is 0 Å². The maximum atomic E-state index is 8.88. The Labute approximate surface area is 127 Å². The highest BCUT2D eigenvalue weighted by Gasteiger charge is 2.05. The average Bonchev–Trinajstić information content (AvgIpc) is 2.95. The first-order valence-electron chi connectivity index (χ1n) is 6.80. The summed E-state index contributed by atoms with van der Waals surface area (Å²) < 4.78 is 6.82. The standard InChI is InChI=1S/C17H14N2OS/c1-2-12-4-3-5-13(8-12)11-20-14-6-7-15-16(9-14)21-17(10-18)19-15/h3-9H,2,11H2,1H3. The SMILES string of the molecule is CCc1cccc(COc2ccc3nc(C#N)sc3c2)c1. The lowest BCUT2D eigenvalue weighted by molar-refractivity contribution is 0.306. The molecule has 0 bridgehead atoms. The van der Waals surface area contributed by atoms with Crippen molar-refractivity contribution in [2.45, 2.75) is 20.0 Å². The highest BCUT2D eigenvalue weighted by atomic mass is 32.1. The molecule has 0 aliphatic carbocycles. The zero-order valence-corrected chi connectivity index (χ0v) is 12.5. The molecule has 0 unspecified atom stereocenters. The van der Waals surface area contributed by atoms with E-state index in [1.165, 1.54) is 16.9 Å². The molecule has 0 N–H and O–H groups in total. The average molecular weight is 294 g/mol. The molecule has 3 aromatic rings. The second-order valence-electron chi connectivity index (χ2n) is 4.72. The van der Waals surface area contributed by atoms with Crippen LogP contribution in [-0.4, -0.2) is 4.98 Å². The predicted octanol–water partition coefficient (Wildman–Crippen LogP) is 4.31. The Hall–Kier alpha value is -2.38. The van der Waals surface area contributed by atoms with E-state index in [1.807, 2.05) is 18.2 Å². The third kappa shape index (κ3) is 3.04. The summed E-state index contributed by atoms with van der Waals surface area (Å²) in [5.41, 5.74) is 3.32. The van der Waals surface area contributed by atoms with Gasteiger partial charge < -0.3 is 4.74 Å². The van der Waals surface area contributed by atoms with E-state index in [4.69, 9.17) is 10.00 Å². The molecule has 0 fully saturated rings. The van der Waals surface area contributed by atoms with Gasteiger partial charge in [0, 0.05) is 0 Å². The van der Waals surface area contributed by atoms with Gasteiger partial charge >= 0.3 is 0 Å². The Kier molecular flexibility index (Phi) is 3.85. The van der Waals surface area contributed by atoms with Gasteiger partial charge in [-0.2, -0.15) is 5.26 Å². The summed E-state index contributed by atoms with van der Waals surface area (Å²) in [4.78, 5) is 4.22. The minimum atomic E-state index is 0.484. The van der Waals surface area contributed by atoms with E-state index in [-0.39, 0.29) is 0 Å². The molecule has 0 saturated carbocycles. The minimum Gasteiger partial charge on any atom is -0.489 e. The number of hydrogen-bond donors (Lipinski definition) is 0. The first kappa shape index (κ1) is 13.6. The molecular weight excluding hydrogens is 280 g/mol. The number of ether oxygens (including phenoxy) is 1. The van der Waals surface area contributed by atoms with Crippen LogP contribution < -0.4 is 4.74 Å². The highest BCUT2D eigenvalue weighted by Crippen LogP contribution is 2.26. The van der Waals surface area contributed by atoms with Crippen molar-refractivity contribution in [2.24, 2.45) is 0 Å². The van der Waals surface area contributed by atoms with Crippen molar-refractivity contribution < 1.29 is 4.74 Å². The van der Waals surface area contributed by atoms with Gasteiger partial charge in [0.1, 0.15) is 18.4 Å². The zero-order valence-electron chi connectivity index (χ0n) is 11.7. The summed E-state index contributed by atoms with van der Waals surface area (Å²) in [6, 6.07) is 16.2. The lowest BCUT2D eigenvalue weighted by atomic mass is 10.1. The lowest BCUT2D eigenvalue weighted by Gasteiger charge is -2.07. The van der Waals surface area contributed by atoms with Crippen molar-refractivity contribution in [1.82, 2.24) is 4.98 Å². The summed E-state index contributed by atoms with van der Waals surface area (Å²) >= 11 is 1.39. The van der Waals surface area contributed by atoms with E-state index in [2.05, 4.69) is 42.2 Å². The molecule has 0 atom stereocenters. The van der Waals surface area contributed by atoms with Crippen LogP contribution in [0.1, 0.15) is 23.1 Å². The molecule has 0 radical (unpaired) electrons. The van der Waals surface area contributed by atoms with Crippen LogP contribution in [0.4, 0.5) is 0 Å². The maximum Gasteiger partial charge on any atom is 0.195 e. The summed E-state index contributed by atoms with van der Waals surface area (Å²) in [6.07, 6.45) is 1.03. The molecule has 0 amide bonds. The fourth-order valence-electron chi connectivity index (χ4n) is 2.15. The summed E-state index contributed by atoms with van der Waals surface area (Å²) in [5.74, 6) is 0.803. The molecule has 1 aromatic heterocycles. The van der Waals surface area contributed by atoms with Crippen LogP contribution in [-0.2, 0) is 13.0 Å². The van der Waals surface area contributed by atoms with Crippen LogP contribution in [0.25, 0.3) is 10.2 Å². The van der Waals surface area contributed by atoms with Crippen LogP contribution in [0, 0.1) is 11.3 Å². The number of thiazole rings is 1. The zero-order chi connectivity index (χ0) is 14.7. The summed E-state index contributed by atoms with van der Waals surface area (Å²) in [7, 11) is 0. The van der Waals surface area contributed by atoms with E-state index in [9.17, 15) is 0 Å². The minimum absolute atomic E-state index is 0.484. The number of aryl methyl sites for hydroxylation is 1. The van der Waals surface area contributed by atoms with Gasteiger partial charge in [0.05, 0.1) is 10.2 Å². The fraction of sp³-hybridized carbons (Fsp3) is 0.176. The second-order valence-corrected chi connectivity index (χ2v) is 5.75. The monoisotopic (exact) mass is 294 g/mol. The summed E-state index contributed by atoms with van der Waals surface area (Å²) in [5, 5.41) is 9.36. The molecule has 104 valence electrons. The third-order valence-corrected chi connectivity index (χ3v) is 4.18. The molecule has 21 heavy (non-hydrogen) atoms. The molecule has 0 saturated heterocycles. The molecule has 4 heteroatoms. The molecule has 0 aliphatic rings. The van der Waals surface area contributed by atoms with Gasteiger partial charge in [-0.15, -0.1) is 11.3 Å². The van der Waals surface area contributed by atoms with Gasteiger partial charge in [0.2, 0.25) is 0 Å². The lowest BCUT2D eigenvalue weighted by Crippen LogP contribution is -1.96. The van der Waals surface area contributed by atoms with Gasteiger partial charge in [-0.05, 0) is 35.7 Å². The number of nitriles is 1. The van der Waals surface area contributed by atoms with Crippen molar-refractivity contribution in [3.8, 4) is 11.8 Å². The van der Waals surface area contributed by atoms with E-state index >= 15 is 0 Å². The van der Waals surface area contributed by atoms with Gasteiger partial charge in [0.25, 0.3) is 0 Å². The van der Waals surface area contributed by atoms with E-state index in [0.717, 1.165) is 28.0 Å². The van der Waals surface area contributed by atoms with Gasteiger partial charge in [0.15, 0.2) is 5.01 Å². The number of fused-ring (bicyclic) bond motifs is 1. The first-order valence-corrected chi connectivity index (χ1v) is 7.61. The Bertz CT molecular complexity index is 817. The molecule has 3 nitrogen and oxygen atoms in total. The Balaban J connectivity index is 1.76. The smallest absolute Gasteiger partial charge is 0.195 e. The Morgan fingerprint density at radius 3 is 2.86 bits per heavy atom. The number of hydrogen-bond acceptors (Lipinski definition) is 4. The molecule has 3 rings (SSSR count). The molecule has 0 aliphatic heterocycles. The van der Waals surface area contributed by atoms with Crippen molar-refractivity contribution in [3.63, 3.8) is 0 Å². The van der Waals surface area contributed by atoms with Crippen LogP contribution in [0.5, 0.6) is 5.75 Å². The van der Waals surface area contributed by atoms with Crippen LogP contribution in [0.2, 0.25) is 0 Å². The predicted molar refractivity (Wildman–Crippen MR) is 84.5 cm³/mol. The van der Waals surface area contributed by atoms with Crippen molar-refractivity contribution >= 4 is 21.6 Å². The number of aromatic nitrogens is 1. The van der Waals surface area contributed by atoms with E-state index in [0.29, 0.717) is 11.6 Å². The van der Waals surface area contributed by atoms with Gasteiger partial charge in [-0.1, -0.05) is 31.2 Å². The topological polar surface area (TPSA) is 45.9 Å². The quantitative estimate of drug-likeness (QED) is 0.720. The molecule has 0 spiro atoms. The van der Waals surface area contributed by atoms with E-state index < -0.39 is 0 Å². The van der Waals surface area contributed by atoms with E-state index in [1.54, 1.807) is 0 Å². The van der Waals surface area contributed by atoms with Gasteiger partial charge in [-0.25, -0.2) is 4.98 Å². The number of rotatable bonds is 4. The number of benzene rings is 2. The fourth-order valence-corrected chi connectivity index (χ4v) is 2.94. The molecular formula is C17H14N2OS. The van der Waals surface area contributed by atoms with Crippen molar-refractivity contribution in [3.05, 3.63) is 58.6 Å². The van der Waals surface area contributed by atoms with Gasteiger partial charge in [-0.3, -0.25) is 0 Å². The van der Waals surface area contributed by atoms with Crippen LogP contribution >= 0.6 is 11.3 Å². The Morgan fingerprint density at radius 2 is 2.05 bits per heavy atom.